The van der Waals surface area contributed by atoms with E-state index in [0.29, 0.717) is 5.92 Å². The maximum absolute atomic E-state index is 12.0. The van der Waals surface area contributed by atoms with Crippen LogP contribution in [-0.4, -0.2) is 19.1 Å². The Labute approximate surface area is 133 Å². The van der Waals surface area contributed by atoms with Gasteiger partial charge in [-0.3, -0.25) is 4.79 Å². The van der Waals surface area contributed by atoms with Gasteiger partial charge in [0.1, 0.15) is 5.75 Å². The number of aryl methyl sites for hydroxylation is 1. The molecule has 2 aliphatic rings. The van der Waals surface area contributed by atoms with Crippen LogP contribution in [-0.2, 0) is 17.6 Å². The fourth-order valence-corrected chi connectivity index (χ4v) is 3.73. The third kappa shape index (κ3) is 4.02. The summed E-state index contributed by atoms with van der Waals surface area (Å²) in [7, 11) is 0. The quantitative estimate of drug-likeness (QED) is 0.901. The highest BCUT2D eigenvalue weighted by Crippen LogP contribution is 2.29. The zero-order valence-corrected chi connectivity index (χ0v) is 13.4. The summed E-state index contributed by atoms with van der Waals surface area (Å²) >= 11 is 0. The van der Waals surface area contributed by atoms with Gasteiger partial charge in [0.05, 0.1) is 0 Å². The Morgan fingerprint density at radius 3 is 2.77 bits per heavy atom. The van der Waals surface area contributed by atoms with Crippen molar-refractivity contribution < 1.29 is 9.53 Å². The molecule has 3 heteroatoms. The van der Waals surface area contributed by atoms with Gasteiger partial charge >= 0.3 is 0 Å². The predicted molar refractivity (Wildman–Crippen MR) is 88.2 cm³/mol. The molecule has 0 unspecified atom stereocenters. The van der Waals surface area contributed by atoms with Crippen molar-refractivity contribution in [2.45, 2.75) is 57.8 Å². The molecule has 2 aliphatic carbocycles. The molecular weight excluding hydrogens is 274 g/mol. The average Bonchev–Trinajstić information content (AvgIpc) is 2.59. The molecule has 1 aromatic rings. The van der Waals surface area contributed by atoms with Gasteiger partial charge < -0.3 is 10.1 Å². The van der Waals surface area contributed by atoms with Crippen molar-refractivity contribution in [1.29, 1.82) is 0 Å². The Kier molecular flexibility index (Phi) is 5.36. The van der Waals surface area contributed by atoms with E-state index < -0.39 is 0 Å². The molecule has 3 nitrogen and oxygen atoms in total. The summed E-state index contributed by atoms with van der Waals surface area (Å²) in [5.74, 6) is 1.59. The van der Waals surface area contributed by atoms with Gasteiger partial charge in [0.15, 0.2) is 6.61 Å². The van der Waals surface area contributed by atoms with E-state index >= 15 is 0 Å². The number of fused-ring (bicyclic) bond motifs is 1. The summed E-state index contributed by atoms with van der Waals surface area (Å²) in [5.41, 5.74) is 2.71. The first-order valence-corrected chi connectivity index (χ1v) is 8.83. The van der Waals surface area contributed by atoms with Gasteiger partial charge in [-0.25, -0.2) is 0 Å². The van der Waals surface area contributed by atoms with Gasteiger partial charge in [0, 0.05) is 6.54 Å². The van der Waals surface area contributed by atoms with E-state index in [1.54, 1.807) is 0 Å². The highest BCUT2D eigenvalue weighted by Gasteiger charge is 2.16. The highest BCUT2D eigenvalue weighted by atomic mass is 16.5. The fourth-order valence-electron chi connectivity index (χ4n) is 3.73. The zero-order valence-electron chi connectivity index (χ0n) is 13.4. The second kappa shape index (κ2) is 7.66. The molecule has 0 heterocycles. The highest BCUT2D eigenvalue weighted by molar-refractivity contribution is 5.77. The number of hydrogen-bond acceptors (Lipinski definition) is 2. The molecule has 0 atom stereocenters. The van der Waals surface area contributed by atoms with Crippen LogP contribution in [0.2, 0.25) is 0 Å². The van der Waals surface area contributed by atoms with E-state index in [1.165, 1.54) is 56.1 Å². The number of carbonyl (C=O) groups excluding carboxylic acids is 1. The first-order chi connectivity index (χ1) is 10.8. The van der Waals surface area contributed by atoms with Gasteiger partial charge in [-0.15, -0.1) is 0 Å². The third-order valence-corrected chi connectivity index (χ3v) is 5.02. The van der Waals surface area contributed by atoms with Crippen LogP contribution in [0, 0.1) is 5.92 Å². The van der Waals surface area contributed by atoms with Crippen molar-refractivity contribution >= 4 is 5.91 Å². The molecule has 1 N–H and O–H groups in total. The lowest BCUT2D eigenvalue weighted by molar-refractivity contribution is -0.123. The van der Waals surface area contributed by atoms with Crippen LogP contribution < -0.4 is 10.1 Å². The molecule has 0 aromatic heterocycles. The van der Waals surface area contributed by atoms with Crippen molar-refractivity contribution in [2.75, 3.05) is 13.2 Å². The lowest BCUT2D eigenvalue weighted by Crippen LogP contribution is -2.33. The third-order valence-electron chi connectivity index (χ3n) is 5.02. The van der Waals surface area contributed by atoms with Crippen molar-refractivity contribution in [3.8, 4) is 5.75 Å². The van der Waals surface area contributed by atoms with Gasteiger partial charge in [-0.2, -0.15) is 0 Å². The Bertz CT molecular complexity index is 506. The molecule has 0 radical (unpaired) electrons. The molecule has 0 saturated heterocycles. The maximum Gasteiger partial charge on any atom is 0.257 e. The van der Waals surface area contributed by atoms with Crippen molar-refractivity contribution in [2.24, 2.45) is 5.92 Å². The standard InChI is InChI=1S/C19H27NO2/c21-19(20-13-15-7-2-1-3-8-15)14-22-18-12-6-10-16-9-4-5-11-17(16)18/h6,10,12,15H,1-5,7-9,11,13-14H2,(H,20,21). The Hall–Kier alpha value is -1.51. The number of ether oxygens (including phenoxy) is 1. The van der Waals surface area contributed by atoms with E-state index in [2.05, 4.69) is 11.4 Å². The lowest BCUT2D eigenvalue weighted by Gasteiger charge is -2.22. The van der Waals surface area contributed by atoms with E-state index in [4.69, 9.17) is 4.74 Å². The number of nitrogens with one attached hydrogen (secondary N) is 1. The second-order valence-corrected chi connectivity index (χ2v) is 6.70. The topological polar surface area (TPSA) is 38.3 Å². The minimum atomic E-state index is 0.0129. The van der Waals surface area contributed by atoms with Crippen LogP contribution in [0.4, 0.5) is 0 Å². The molecular formula is C19H27NO2. The molecule has 22 heavy (non-hydrogen) atoms. The molecule has 0 bridgehead atoms. The minimum Gasteiger partial charge on any atom is -0.483 e. The van der Waals surface area contributed by atoms with Crippen LogP contribution in [0.25, 0.3) is 0 Å². The van der Waals surface area contributed by atoms with Crippen LogP contribution in [0.3, 0.4) is 0 Å². The van der Waals surface area contributed by atoms with Crippen molar-refractivity contribution in [3.05, 3.63) is 29.3 Å². The number of rotatable bonds is 5. The normalized spacial score (nSPS) is 18.5. The molecule has 1 fully saturated rings. The number of benzene rings is 1. The Morgan fingerprint density at radius 2 is 1.91 bits per heavy atom. The lowest BCUT2D eigenvalue weighted by atomic mass is 9.89. The Balaban J connectivity index is 1.46. The Morgan fingerprint density at radius 1 is 1.09 bits per heavy atom. The number of carbonyl (C=O) groups is 1. The number of amides is 1. The first-order valence-electron chi connectivity index (χ1n) is 8.83. The maximum atomic E-state index is 12.0. The van der Waals surface area contributed by atoms with E-state index in [9.17, 15) is 4.79 Å². The number of hydrogen-bond donors (Lipinski definition) is 1. The summed E-state index contributed by atoms with van der Waals surface area (Å²) < 4.78 is 5.79. The van der Waals surface area contributed by atoms with Crippen LogP contribution in [0.5, 0.6) is 5.75 Å². The molecule has 3 rings (SSSR count). The van der Waals surface area contributed by atoms with Gasteiger partial charge in [0.25, 0.3) is 5.91 Å². The molecule has 0 aliphatic heterocycles. The second-order valence-electron chi connectivity index (χ2n) is 6.70. The molecule has 0 spiro atoms. The smallest absolute Gasteiger partial charge is 0.257 e. The van der Waals surface area contributed by atoms with Crippen LogP contribution in [0.1, 0.15) is 56.1 Å². The fraction of sp³-hybridized carbons (Fsp3) is 0.632. The van der Waals surface area contributed by atoms with Crippen molar-refractivity contribution in [1.82, 2.24) is 5.32 Å². The van der Waals surface area contributed by atoms with E-state index in [-0.39, 0.29) is 12.5 Å². The minimum absolute atomic E-state index is 0.0129. The molecule has 1 amide bonds. The predicted octanol–water partition coefficient (Wildman–Crippen LogP) is 3.64. The molecule has 120 valence electrons. The summed E-state index contributed by atoms with van der Waals surface area (Å²) in [6, 6.07) is 6.22. The first kappa shape index (κ1) is 15.4. The van der Waals surface area contributed by atoms with E-state index in [0.717, 1.165) is 25.1 Å². The monoisotopic (exact) mass is 301 g/mol. The van der Waals surface area contributed by atoms with Gasteiger partial charge in [-0.05, 0) is 61.6 Å². The molecule has 1 saturated carbocycles. The van der Waals surface area contributed by atoms with Crippen LogP contribution in [0.15, 0.2) is 18.2 Å². The SMILES string of the molecule is O=C(COc1cccc2c1CCCC2)NCC1CCCCC1. The van der Waals surface area contributed by atoms with Crippen LogP contribution >= 0.6 is 0 Å². The van der Waals surface area contributed by atoms with Gasteiger partial charge in [-0.1, -0.05) is 31.4 Å². The summed E-state index contributed by atoms with van der Waals surface area (Å²) in [5, 5.41) is 3.04. The summed E-state index contributed by atoms with van der Waals surface area (Å²) in [6.07, 6.45) is 11.2. The van der Waals surface area contributed by atoms with E-state index in [1.807, 2.05) is 12.1 Å². The van der Waals surface area contributed by atoms with Gasteiger partial charge in [0.2, 0.25) is 0 Å². The molecule has 1 aromatic carbocycles. The zero-order chi connectivity index (χ0) is 15.2. The summed E-state index contributed by atoms with van der Waals surface area (Å²) in [6.45, 7) is 0.957. The van der Waals surface area contributed by atoms with Crippen molar-refractivity contribution in [3.63, 3.8) is 0 Å². The summed E-state index contributed by atoms with van der Waals surface area (Å²) in [4.78, 5) is 12.0. The average molecular weight is 301 g/mol. The largest absolute Gasteiger partial charge is 0.483 e.